The van der Waals surface area contributed by atoms with Crippen LogP contribution in [-0.4, -0.2) is 63.8 Å². The first-order chi connectivity index (χ1) is 15.0. The Hall–Kier alpha value is -0.971. The minimum absolute atomic E-state index is 0.163. The van der Waals surface area contributed by atoms with Crippen molar-refractivity contribution in [3.05, 3.63) is 16.5 Å². The van der Waals surface area contributed by atoms with Crippen LogP contribution in [0.3, 0.4) is 0 Å². The first-order valence-electron chi connectivity index (χ1n) is 10.8. The molecule has 2 fully saturated rings. The van der Waals surface area contributed by atoms with Crippen LogP contribution < -0.4 is 5.73 Å². The van der Waals surface area contributed by atoms with Crippen molar-refractivity contribution in [1.82, 2.24) is 14.5 Å². The van der Waals surface area contributed by atoms with E-state index in [1.807, 2.05) is 0 Å². The molecule has 168 valence electrons. The van der Waals surface area contributed by atoms with E-state index in [0.29, 0.717) is 21.2 Å². The number of anilines is 1. The van der Waals surface area contributed by atoms with Crippen LogP contribution in [-0.2, 0) is 10.9 Å². The van der Waals surface area contributed by atoms with Crippen LogP contribution in [0.25, 0.3) is 11.0 Å². The minimum atomic E-state index is -3.34. The predicted octanol–water partition coefficient (Wildman–Crippen LogP) is 3.36. The average molecular weight is 601 g/mol. The van der Waals surface area contributed by atoms with Crippen LogP contribution in [0.4, 0.5) is 5.82 Å². The van der Waals surface area contributed by atoms with E-state index in [9.17, 15) is 10.4 Å². The average Bonchev–Trinajstić information content (AvgIpc) is 3.39. The van der Waals surface area contributed by atoms with Crippen molar-refractivity contribution in [2.24, 2.45) is 0 Å². The number of aliphatic hydroxyl groups is 1. The number of halogens is 1. The van der Waals surface area contributed by atoms with Gasteiger partial charge in [-0.3, -0.25) is 0 Å². The second kappa shape index (κ2) is 9.49. The fourth-order valence-corrected chi connectivity index (χ4v) is 16.9. The zero-order chi connectivity index (χ0) is 22.2. The van der Waals surface area contributed by atoms with Gasteiger partial charge in [-0.1, -0.05) is 0 Å². The maximum atomic E-state index is 10.0. The summed E-state index contributed by atoms with van der Waals surface area (Å²) >= 11 is 0.209. The number of rotatable bonds is 8. The molecular formula is C20H28BrN5O4Sn. The summed E-state index contributed by atoms with van der Waals surface area (Å²) in [5.74, 6) is 0.234. The molecule has 2 aromatic rings. The Morgan fingerprint density at radius 3 is 2.52 bits per heavy atom. The van der Waals surface area contributed by atoms with Crippen molar-refractivity contribution >= 4 is 52.0 Å². The van der Waals surface area contributed by atoms with Gasteiger partial charge in [0.1, 0.15) is 0 Å². The molecule has 0 unspecified atom stereocenters. The summed E-state index contributed by atoms with van der Waals surface area (Å²) in [5, 5.41) is 20.2. The standard InChI is InChI=1S/C12H10BrN5O4.2C4H9.Sn/c13-9-4(1-14)6-10(15)16-3-17-11(6)18(9)12-8(21)7(20)5(2-19)22-12;2*1-3-4-2;/h3,5,7-8,12,19H,2H2,(H2,15,16,17);2*1,3-4H2,2H3;/q-2;;;+2/t5-,7+,8-,12+;;;/m0.../s1. The number of hydrogen-bond acceptors (Lipinski definition) is 8. The number of nitrogens with zero attached hydrogens (tertiary/aromatic N) is 4. The van der Waals surface area contributed by atoms with E-state index in [4.69, 9.17) is 16.6 Å². The SMILES string of the molecule is CCC[CH2][Sn]1([CH2]CCC)[O][C@H]2[C@H]([O]1)[C@H](n1c(Br)c(C#N)c3c(N)ncnc31)O[C@H]2CO. The van der Waals surface area contributed by atoms with Crippen molar-refractivity contribution in [2.45, 2.75) is 72.9 Å². The van der Waals surface area contributed by atoms with E-state index in [1.54, 1.807) is 4.57 Å². The zero-order valence-electron chi connectivity index (χ0n) is 17.8. The topological polar surface area (TPSA) is 128 Å². The molecule has 9 nitrogen and oxygen atoms in total. The molecule has 0 saturated carbocycles. The zero-order valence-corrected chi connectivity index (χ0v) is 22.2. The number of aliphatic hydroxyl groups excluding tert-OH is 1. The molecule has 0 aliphatic carbocycles. The number of unbranched alkanes of at least 4 members (excludes halogenated alkanes) is 2. The molecule has 0 amide bonds. The fourth-order valence-electron chi connectivity index (χ4n) is 4.57. The van der Waals surface area contributed by atoms with Crippen molar-refractivity contribution in [3.63, 3.8) is 0 Å². The maximum absolute atomic E-state index is 10.0. The summed E-state index contributed by atoms with van der Waals surface area (Å²) in [6, 6.07) is 2.19. The number of nitrogens with two attached hydrogens (primary N) is 1. The van der Waals surface area contributed by atoms with Crippen LogP contribution in [0.2, 0.25) is 8.87 Å². The van der Waals surface area contributed by atoms with Gasteiger partial charge in [0.15, 0.2) is 0 Å². The van der Waals surface area contributed by atoms with Crippen LogP contribution in [0, 0.1) is 11.3 Å². The quantitative estimate of drug-likeness (QED) is 0.442. The van der Waals surface area contributed by atoms with E-state index in [1.165, 1.54) is 6.33 Å². The van der Waals surface area contributed by atoms with E-state index in [2.05, 4.69) is 45.8 Å². The van der Waals surface area contributed by atoms with E-state index < -0.39 is 31.5 Å². The van der Waals surface area contributed by atoms with Gasteiger partial charge in [-0.05, 0) is 0 Å². The van der Waals surface area contributed by atoms with Gasteiger partial charge in [0.05, 0.1) is 0 Å². The van der Waals surface area contributed by atoms with Crippen molar-refractivity contribution in [1.29, 1.82) is 5.26 Å². The summed E-state index contributed by atoms with van der Waals surface area (Å²) in [5.41, 5.74) is 6.91. The van der Waals surface area contributed by atoms with Crippen LogP contribution in [0.15, 0.2) is 10.9 Å². The number of nitriles is 1. The summed E-state index contributed by atoms with van der Waals surface area (Å²) in [4.78, 5) is 8.43. The first-order valence-corrected chi connectivity index (χ1v) is 18.0. The van der Waals surface area contributed by atoms with Gasteiger partial charge in [0.2, 0.25) is 0 Å². The third-order valence-corrected chi connectivity index (χ3v) is 17.3. The Morgan fingerprint density at radius 2 is 1.90 bits per heavy atom. The van der Waals surface area contributed by atoms with Gasteiger partial charge in [0.25, 0.3) is 0 Å². The van der Waals surface area contributed by atoms with Gasteiger partial charge in [-0.25, -0.2) is 0 Å². The molecule has 0 bridgehead atoms. The van der Waals surface area contributed by atoms with Gasteiger partial charge < -0.3 is 0 Å². The number of fused-ring (bicyclic) bond motifs is 2. The Bertz CT molecular complexity index is 988. The Labute approximate surface area is 195 Å². The molecule has 2 aromatic heterocycles. The van der Waals surface area contributed by atoms with Gasteiger partial charge in [-0.15, -0.1) is 0 Å². The molecule has 4 heterocycles. The molecule has 0 radical (unpaired) electrons. The van der Waals surface area contributed by atoms with E-state index in [0.717, 1.165) is 34.6 Å². The molecule has 4 atom stereocenters. The normalized spacial score (nSPS) is 26.9. The monoisotopic (exact) mass is 601 g/mol. The molecular weight excluding hydrogens is 573 g/mol. The summed E-state index contributed by atoms with van der Waals surface area (Å²) in [6.45, 7) is 4.19. The van der Waals surface area contributed by atoms with Crippen LogP contribution in [0.1, 0.15) is 51.3 Å². The van der Waals surface area contributed by atoms with Gasteiger partial charge in [-0.2, -0.15) is 0 Å². The van der Waals surface area contributed by atoms with Crippen LogP contribution in [0.5, 0.6) is 0 Å². The number of hydrogen-bond donors (Lipinski definition) is 2. The second-order valence-electron chi connectivity index (χ2n) is 8.14. The summed E-state index contributed by atoms with van der Waals surface area (Å²) < 4.78 is 24.0. The van der Waals surface area contributed by atoms with Crippen LogP contribution >= 0.6 is 15.9 Å². The molecule has 0 aromatic carbocycles. The Kier molecular flexibility index (Phi) is 7.10. The van der Waals surface area contributed by atoms with Crippen molar-refractivity contribution in [3.8, 4) is 6.07 Å². The molecule has 2 aliphatic rings. The number of aromatic nitrogens is 3. The van der Waals surface area contributed by atoms with Crippen molar-refractivity contribution < 1.29 is 16.0 Å². The molecule has 11 heteroatoms. The Balaban J connectivity index is 1.77. The Morgan fingerprint density at radius 1 is 1.23 bits per heavy atom. The summed E-state index contributed by atoms with van der Waals surface area (Å²) in [6.07, 6.45) is 3.93. The molecule has 2 saturated heterocycles. The van der Waals surface area contributed by atoms with E-state index in [-0.39, 0.29) is 24.6 Å². The van der Waals surface area contributed by atoms with E-state index >= 15 is 0 Å². The second-order valence-corrected chi connectivity index (χ2v) is 18.3. The molecule has 0 spiro atoms. The first kappa shape index (κ1) is 23.2. The van der Waals surface area contributed by atoms with Gasteiger partial charge in [0, 0.05) is 0 Å². The van der Waals surface area contributed by atoms with Gasteiger partial charge >= 0.3 is 196 Å². The predicted molar refractivity (Wildman–Crippen MR) is 120 cm³/mol. The third-order valence-electron chi connectivity index (χ3n) is 6.11. The van der Waals surface area contributed by atoms with Crippen molar-refractivity contribution in [2.75, 3.05) is 12.3 Å². The summed E-state index contributed by atoms with van der Waals surface area (Å²) in [7, 11) is 0. The molecule has 4 rings (SSSR count). The molecule has 3 N–H and O–H groups in total. The third kappa shape index (κ3) is 3.98. The molecule has 31 heavy (non-hydrogen) atoms. The molecule has 2 aliphatic heterocycles. The number of ether oxygens (including phenoxy) is 1. The number of nitrogen functional groups attached to an aromatic ring is 1. The fraction of sp³-hybridized carbons (Fsp3) is 0.650.